The molecule has 60 valence electrons. The highest BCUT2D eigenvalue weighted by Gasteiger charge is 2.00. The Morgan fingerprint density at radius 3 is 2.73 bits per heavy atom. The second-order valence-electron chi connectivity index (χ2n) is 2.28. The van der Waals surface area contributed by atoms with Gasteiger partial charge < -0.3 is 10.2 Å². The minimum Gasteiger partial charge on any atom is -0.506 e. The van der Waals surface area contributed by atoms with Crippen LogP contribution in [0.2, 0.25) is 0 Å². The zero-order valence-corrected chi connectivity index (χ0v) is 6.41. The number of aromatic hydroxyl groups is 1. The Morgan fingerprint density at radius 2 is 2.18 bits per heavy atom. The Hall–Kier alpha value is -1.09. The van der Waals surface area contributed by atoms with Crippen LogP contribution in [0.4, 0.5) is 0 Å². The minimum absolute atomic E-state index is 0.0761. The monoisotopic (exact) mass is 153 g/mol. The second kappa shape index (κ2) is 3.34. The van der Waals surface area contributed by atoms with Crippen LogP contribution in [0.25, 0.3) is 0 Å². The molecule has 0 unspecified atom stereocenters. The van der Waals surface area contributed by atoms with Gasteiger partial charge in [0.1, 0.15) is 5.75 Å². The average Bonchev–Trinajstić information content (AvgIpc) is 2.05. The first-order chi connectivity index (χ1) is 5.27. The summed E-state index contributed by atoms with van der Waals surface area (Å²) in [6, 6.07) is 3.16. The van der Waals surface area contributed by atoms with E-state index in [9.17, 15) is 5.11 Å². The van der Waals surface area contributed by atoms with E-state index >= 15 is 0 Å². The molecule has 1 aromatic heterocycles. The number of rotatable bonds is 2. The Kier molecular flexibility index (Phi) is 2.44. The summed E-state index contributed by atoms with van der Waals surface area (Å²) in [5, 5.41) is 17.9. The molecular weight excluding hydrogens is 142 g/mol. The molecule has 0 amide bonds. The molecule has 3 heteroatoms. The fourth-order valence-electron chi connectivity index (χ4n) is 0.887. The first kappa shape index (κ1) is 8.01. The van der Waals surface area contributed by atoms with Crippen LogP contribution >= 0.6 is 0 Å². The number of hydrogen-bond acceptors (Lipinski definition) is 3. The van der Waals surface area contributed by atoms with Crippen molar-refractivity contribution in [3.63, 3.8) is 0 Å². The van der Waals surface area contributed by atoms with Gasteiger partial charge in [0, 0.05) is 0 Å². The Morgan fingerprint density at radius 1 is 1.45 bits per heavy atom. The van der Waals surface area contributed by atoms with Crippen molar-refractivity contribution in [1.29, 1.82) is 0 Å². The summed E-state index contributed by atoms with van der Waals surface area (Å²) >= 11 is 0. The summed E-state index contributed by atoms with van der Waals surface area (Å²) in [4.78, 5) is 4.01. The van der Waals surface area contributed by atoms with Gasteiger partial charge in [-0.3, -0.25) is 4.98 Å². The van der Waals surface area contributed by atoms with E-state index in [2.05, 4.69) is 4.98 Å². The lowest BCUT2D eigenvalue weighted by molar-refractivity contribution is 0.276. The first-order valence-electron chi connectivity index (χ1n) is 3.56. The number of nitrogens with zero attached hydrogens (tertiary/aromatic N) is 1. The van der Waals surface area contributed by atoms with Crippen LogP contribution in [-0.2, 0) is 13.0 Å². The molecule has 1 rings (SSSR count). The zero-order valence-electron chi connectivity index (χ0n) is 6.41. The highest BCUT2D eigenvalue weighted by molar-refractivity contribution is 5.27. The third-order valence-electron chi connectivity index (χ3n) is 1.50. The van der Waals surface area contributed by atoms with E-state index in [1.165, 1.54) is 0 Å². The summed E-state index contributed by atoms with van der Waals surface area (Å²) in [6.45, 7) is 1.83. The number of aromatic nitrogens is 1. The van der Waals surface area contributed by atoms with Gasteiger partial charge in [-0.15, -0.1) is 0 Å². The molecule has 0 aliphatic rings. The van der Waals surface area contributed by atoms with Gasteiger partial charge in [0.25, 0.3) is 0 Å². The third kappa shape index (κ3) is 1.68. The predicted octanol–water partition coefficient (Wildman–Crippen LogP) is 0.842. The summed E-state index contributed by atoms with van der Waals surface area (Å²) < 4.78 is 0. The largest absolute Gasteiger partial charge is 0.506 e. The van der Waals surface area contributed by atoms with Crippen LogP contribution in [0.5, 0.6) is 5.75 Å². The standard InChI is InChI=1S/C8H11NO2/c1-2-7-8(11)4-3-6(5-10)9-7/h3-4,10-11H,2,5H2,1H3. The van der Waals surface area contributed by atoms with Crippen molar-refractivity contribution in [3.05, 3.63) is 23.5 Å². The Bertz CT molecular complexity index is 248. The lowest BCUT2D eigenvalue weighted by Crippen LogP contribution is -1.93. The molecule has 0 fully saturated rings. The maximum Gasteiger partial charge on any atom is 0.137 e. The number of aryl methyl sites for hydroxylation is 1. The molecular formula is C8H11NO2. The molecule has 2 N–H and O–H groups in total. The number of pyridine rings is 1. The minimum atomic E-state index is -0.0761. The number of hydrogen-bond donors (Lipinski definition) is 2. The molecule has 11 heavy (non-hydrogen) atoms. The quantitative estimate of drug-likeness (QED) is 0.662. The smallest absolute Gasteiger partial charge is 0.137 e. The SMILES string of the molecule is CCc1nc(CO)ccc1O. The second-order valence-corrected chi connectivity index (χ2v) is 2.28. The number of aliphatic hydroxyl groups excluding tert-OH is 1. The van der Waals surface area contributed by atoms with Crippen molar-refractivity contribution < 1.29 is 10.2 Å². The van der Waals surface area contributed by atoms with Crippen molar-refractivity contribution in [2.45, 2.75) is 20.0 Å². The highest BCUT2D eigenvalue weighted by Crippen LogP contribution is 2.14. The highest BCUT2D eigenvalue weighted by atomic mass is 16.3. The normalized spacial score (nSPS) is 10.0. The van der Waals surface area contributed by atoms with Gasteiger partial charge in [0.2, 0.25) is 0 Å². The summed E-state index contributed by atoms with van der Waals surface area (Å²) in [7, 11) is 0. The van der Waals surface area contributed by atoms with Gasteiger partial charge in [-0.2, -0.15) is 0 Å². The molecule has 0 atom stereocenters. The topological polar surface area (TPSA) is 53.4 Å². The van der Waals surface area contributed by atoms with Crippen LogP contribution in [0.15, 0.2) is 12.1 Å². The molecule has 0 saturated carbocycles. The molecule has 0 aliphatic heterocycles. The van der Waals surface area contributed by atoms with E-state index in [0.29, 0.717) is 17.8 Å². The zero-order chi connectivity index (χ0) is 8.27. The van der Waals surface area contributed by atoms with Crippen LogP contribution < -0.4 is 0 Å². The predicted molar refractivity (Wildman–Crippen MR) is 41.2 cm³/mol. The van der Waals surface area contributed by atoms with Crippen LogP contribution in [0, 0.1) is 0 Å². The molecule has 0 spiro atoms. The summed E-state index contributed by atoms with van der Waals surface area (Å²) in [6.07, 6.45) is 0.680. The Labute approximate surface area is 65.3 Å². The van der Waals surface area contributed by atoms with Crippen molar-refractivity contribution in [3.8, 4) is 5.75 Å². The molecule has 0 aromatic carbocycles. The lowest BCUT2D eigenvalue weighted by atomic mass is 10.2. The molecule has 3 nitrogen and oxygen atoms in total. The van der Waals surface area contributed by atoms with Gasteiger partial charge in [-0.05, 0) is 18.6 Å². The van der Waals surface area contributed by atoms with E-state index < -0.39 is 0 Å². The van der Waals surface area contributed by atoms with Crippen molar-refractivity contribution in [2.24, 2.45) is 0 Å². The fraction of sp³-hybridized carbons (Fsp3) is 0.375. The Balaban J connectivity index is 3.02. The van der Waals surface area contributed by atoms with E-state index in [-0.39, 0.29) is 12.4 Å². The van der Waals surface area contributed by atoms with Crippen molar-refractivity contribution in [1.82, 2.24) is 4.98 Å². The van der Waals surface area contributed by atoms with Crippen LogP contribution in [0.1, 0.15) is 18.3 Å². The van der Waals surface area contributed by atoms with Gasteiger partial charge in [-0.1, -0.05) is 6.92 Å². The molecule has 0 saturated heterocycles. The maximum absolute atomic E-state index is 9.19. The molecule has 1 aromatic rings. The van der Waals surface area contributed by atoms with Crippen molar-refractivity contribution >= 4 is 0 Å². The summed E-state index contributed by atoms with van der Waals surface area (Å²) in [5.74, 6) is 0.199. The van der Waals surface area contributed by atoms with Crippen LogP contribution in [-0.4, -0.2) is 15.2 Å². The van der Waals surface area contributed by atoms with Gasteiger partial charge >= 0.3 is 0 Å². The number of aliphatic hydroxyl groups is 1. The van der Waals surface area contributed by atoms with E-state index in [4.69, 9.17) is 5.11 Å². The first-order valence-corrected chi connectivity index (χ1v) is 3.56. The maximum atomic E-state index is 9.19. The van der Waals surface area contributed by atoms with Crippen LogP contribution in [0.3, 0.4) is 0 Å². The lowest BCUT2D eigenvalue weighted by Gasteiger charge is -2.01. The van der Waals surface area contributed by atoms with E-state index in [0.717, 1.165) is 0 Å². The molecule has 0 aliphatic carbocycles. The molecule has 0 radical (unpaired) electrons. The summed E-state index contributed by atoms with van der Waals surface area (Å²) in [5.41, 5.74) is 1.23. The van der Waals surface area contributed by atoms with Crippen molar-refractivity contribution in [2.75, 3.05) is 0 Å². The van der Waals surface area contributed by atoms with E-state index in [1.54, 1.807) is 12.1 Å². The molecule has 0 bridgehead atoms. The van der Waals surface area contributed by atoms with Gasteiger partial charge in [-0.25, -0.2) is 0 Å². The fourth-order valence-corrected chi connectivity index (χ4v) is 0.887. The molecule has 1 heterocycles. The average molecular weight is 153 g/mol. The van der Waals surface area contributed by atoms with E-state index in [1.807, 2.05) is 6.92 Å². The van der Waals surface area contributed by atoms with Gasteiger partial charge in [0.15, 0.2) is 0 Å². The third-order valence-corrected chi connectivity index (χ3v) is 1.50. The van der Waals surface area contributed by atoms with Gasteiger partial charge in [0.05, 0.1) is 18.0 Å².